The molecular formula is C18H24N4O2. The van der Waals surface area contributed by atoms with E-state index in [1.54, 1.807) is 0 Å². The van der Waals surface area contributed by atoms with Gasteiger partial charge in [-0.25, -0.2) is 4.79 Å². The highest BCUT2D eigenvalue weighted by Gasteiger charge is 2.23. The van der Waals surface area contributed by atoms with E-state index in [4.69, 9.17) is 5.26 Å². The van der Waals surface area contributed by atoms with E-state index in [2.05, 4.69) is 16.0 Å². The summed E-state index contributed by atoms with van der Waals surface area (Å²) in [7, 11) is 0. The number of rotatable bonds is 6. The predicted octanol–water partition coefficient (Wildman–Crippen LogP) is 1.87. The molecule has 0 aromatic heterocycles. The average Bonchev–Trinajstić information content (AvgIpc) is 2.61. The van der Waals surface area contributed by atoms with Gasteiger partial charge in [-0.05, 0) is 18.4 Å². The molecule has 1 unspecified atom stereocenters. The van der Waals surface area contributed by atoms with Crippen LogP contribution in [0.5, 0.6) is 0 Å². The minimum absolute atomic E-state index is 0.0734. The number of nitriles is 1. The van der Waals surface area contributed by atoms with E-state index in [9.17, 15) is 9.59 Å². The molecule has 24 heavy (non-hydrogen) atoms. The molecule has 1 saturated carbocycles. The fourth-order valence-electron chi connectivity index (χ4n) is 2.94. The van der Waals surface area contributed by atoms with Crippen LogP contribution in [0.2, 0.25) is 0 Å². The van der Waals surface area contributed by atoms with E-state index in [1.165, 1.54) is 6.42 Å². The lowest BCUT2D eigenvalue weighted by Crippen LogP contribution is -2.53. The molecule has 1 aliphatic carbocycles. The Kier molecular flexibility index (Phi) is 7.09. The maximum atomic E-state index is 12.2. The third-order valence-corrected chi connectivity index (χ3v) is 4.19. The van der Waals surface area contributed by atoms with Gasteiger partial charge in [0.15, 0.2) is 0 Å². The van der Waals surface area contributed by atoms with Crippen LogP contribution in [0.4, 0.5) is 4.79 Å². The van der Waals surface area contributed by atoms with Gasteiger partial charge in [0.1, 0.15) is 12.6 Å². The summed E-state index contributed by atoms with van der Waals surface area (Å²) in [5.74, 6) is -0.348. The number of carbonyl (C=O) groups is 2. The molecule has 0 heterocycles. The molecule has 2 rings (SSSR count). The number of nitrogens with one attached hydrogen (secondary N) is 3. The van der Waals surface area contributed by atoms with Gasteiger partial charge in [0.2, 0.25) is 5.91 Å². The molecule has 1 atom stereocenters. The van der Waals surface area contributed by atoms with Crippen molar-refractivity contribution in [2.45, 2.75) is 50.6 Å². The summed E-state index contributed by atoms with van der Waals surface area (Å²) in [5, 5.41) is 16.8. The molecular weight excluding hydrogens is 304 g/mol. The summed E-state index contributed by atoms with van der Waals surface area (Å²) < 4.78 is 0. The fourth-order valence-corrected chi connectivity index (χ4v) is 2.94. The standard InChI is InChI=1S/C18H24N4O2/c19-11-12-20-17(23)16(13-14-7-3-1-4-8-14)22-18(24)21-15-9-5-2-6-10-15/h1,3-4,7-8,15-16H,2,5-6,9-10,12-13H2,(H,20,23)(H2,21,22,24). The first kappa shape index (κ1) is 17.8. The van der Waals surface area contributed by atoms with E-state index in [-0.39, 0.29) is 24.5 Å². The summed E-state index contributed by atoms with van der Waals surface area (Å²) in [6.45, 7) is -0.0734. The smallest absolute Gasteiger partial charge is 0.315 e. The van der Waals surface area contributed by atoms with Crippen LogP contribution in [0.3, 0.4) is 0 Å². The first-order valence-corrected chi connectivity index (χ1v) is 8.44. The average molecular weight is 328 g/mol. The zero-order valence-electron chi connectivity index (χ0n) is 13.8. The van der Waals surface area contributed by atoms with Gasteiger partial charge in [0, 0.05) is 12.5 Å². The molecule has 128 valence electrons. The first-order chi connectivity index (χ1) is 11.7. The Balaban J connectivity index is 1.94. The number of carbonyl (C=O) groups excluding carboxylic acids is 2. The van der Waals surface area contributed by atoms with Crippen LogP contribution < -0.4 is 16.0 Å². The highest BCUT2D eigenvalue weighted by Crippen LogP contribution is 2.17. The van der Waals surface area contributed by atoms with Crippen LogP contribution in [0, 0.1) is 11.3 Å². The van der Waals surface area contributed by atoms with E-state index < -0.39 is 6.04 Å². The molecule has 1 aliphatic rings. The van der Waals surface area contributed by atoms with E-state index in [1.807, 2.05) is 36.4 Å². The zero-order chi connectivity index (χ0) is 17.2. The molecule has 0 spiro atoms. The van der Waals surface area contributed by atoms with Crippen molar-refractivity contribution in [1.29, 1.82) is 5.26 Å². The van der Waals surface area contributed by atoms with Crippen molar-refractivity contribution in [2.75, 3.05) is 6.54 Å². The van der Waals surface area contributed by atoms with Crippen LogP contribution in [-0.2, 0) is 11.2 Å². The molecule has 1 aromatic rings. The third kappa shape index (κ3) is 5.92. The molecule has 1 fully saturated rings. The lowest BCUT2D eigenvalue weighted by atomic mass is 9.96. The monoisotopic (exact) mass is 328 g/mol. The van der Waals surface area contributed by atoms with E-state index in [0.717, 1.165) is 31.2 Å². The second kappa shape index (κ2) is 9.56. The Morgan fingerprint density at radius 3 is 2.54 bits per heavy atom. The number of benzene rings is 1. The predicted molar refractivity (Wildman–Crippen MR) is 91.1 cm³/mol. The highest BCUT2D eigenvalue weighted by atomic mass is 16.2. The number of hydrogen-bond donors (Lipinski definition) is 3. The van der Waals surface area contributed by atoms with Gasteiger partial charge in [-0.15, -0.1) is 0 Å². The maximum absolute atomic E-state index is 12.2. The van der Waals surface area contributed by atoms with Crippen LogP contribution >= 0.6 is 0 Å². The maximum Gasteiger partial charge on any atom is 0.315 e. The SMILES string of the molecule is N#CCNC(=O)C(Cc1ccccc1)NC(=O)NC1CCCCC1. The second-order valence-electron chi connectivity index (χ2n) is 6.07. The molecule has 6 nitrogen and oxygen atoms in total. The summed E-state index contributed by atoms with van der Waals surface area (Å²) in [4.78, 5) is 24.5. The van der Waals surface area contributed by atoms with Crippen molar-refractivity contribution in [2.24, 2.45) is 0 Å². The normalized spacial score (nSPS) is 15.8. The minimum atomic E-state index is -0.704. The largest absolute Gasteiger partial charge is 0.341 e. The zero-order valence-corrected chi connectivity index (χ0v) is 13.8. The molecule has 3 amide bonds. The fraction of sp³-hybridized carbons (Fsp3) is 0.500. The van der Waals surface area contributed by atoms with E-state index in [0.29, 0.717) is 6.42 Å². The lowest BCUT2D eigenvalue weighted by molar-refractivity contribution is -0.122. The Morgan fingerprint density at radius 2 is 1.88 bits per heavy atom. The van der Waals surface area contributed by atoms with Crippen molar-refractivity contribution >= 4 is 11.9 Å². The Bertz CT molecular complexity index is 576. The van der Waals surface area contributed by atoms with Gasteiger partial charge in [-0.1, -0.05) is 49.6 Å². The van der Waals surface area contributed by atoms with Crippen molar-refractivity contribution in [3.8, 4) is 6.07 Å². The molecule has 0 radical (unpaired) electrons. The number of hydrogen-bond acceptors (Lipinski definition) is 3. The Labute approximate surface area is 142 Å². The van der Waals surface area contributed by atoms with Crippen molar-refractivity contribution in [3.63, 3.8) is 0 Å². The number of nitrogens with zero attached hydrogens (tertiary/aromatic N) is 1. The number of amides is 3. The molecule has 1 aromatic carbocycles. The second-order valence-corrected chi connectivity index (χ2v) is 6.07. The first-order valence-electron chi connectivity index (χ1n) is 8.44. The minimum Gasteiger partial charge on any atom is -0.341 e. The Morgan fingerprint density at radius 1 is 1.17 bits per heavy atom. The van der Waals surface area contributed by atoms with E-state index >= 15 is 0 Å². The van der Waals surface area contributed by atoms with Crippen molar-refractivity contribution < 1.29 is 9.59 Å². The van der Waals surface area contributed by atoms with Gasteiger partial charge in [0.25, 0.3) is 0 Å². The summed E-state index contributed by atoms with van der Waals surface area (Å²) in [6.07, 6.45) is 5.82. The molecule has 0 aliphatic heterocycles. The van der Waals surface area contributed by atoms with Gasteiger partial charge in [-0.2, -0.15) is 5.26 Å². The third-order valence-electron chi connectivity index (χ3n) is 4.19. The van der Waals surface area contributed by atoms with Crippen molar-refractivity contribution in [1.82, 2.24) is 16.0 Å². The van der Waals surface area contributed by atoms with Gasteiger partial charge in [-0.3, -0.25) is 4.79 Å². The van der Waals surface area contributed by atoms with Crippen molar-refractivity contribution in [3.05, 3.63) is 35.9 Å². The lowest BCUT2D eigenvalue weighted by Gasteiger charge is -2.25. The quantitative estimate of drug-likeness (QED) is 0.696. The summed E-state index contributed by atoms with van der Waals surface area (Å²) in [5.41, 5.74) is 0.951. The van der Waals surface area contributed by atoms with Gasteiger partial charge in [0.05, 0.1) is 6.07 Å². The van der Waals surface area contributed by atoms with Crippen LogP contribution in [0.1, 0.15) is 37.7 Å². The highest BCUT2D eigenvalue weighted by molar-refractivity contribution is 5.87. The number of urea groups is 1. The molecule has 0 saturated heterocycles. The van der Waals surface area contributed by atoms with Crippen LogP contribution in [-0.4, -0.2) is 30.6 Å². The van der Waals surface area contributed by atoms with Crippen LogP contribution in [0.25, 0.3) is 0 Å². The molecule has 6 heteroatoms. The summed E-state index contributed by atoms with van der Waals surface area (Å²) in [6, 6.07) is 10.5. The van der Waals surface area contributed by atoms with Gasteiger partial charge >= 0.3 is 6.03 Å². The van der Waals surface area contributed by atoms with Crippen LogP contribution in [0.15, 0.2) is 30.3 Å². The van der Waals surface area contributed by atoms with Gasteiger partial charge < -0.3 is 16.0 Å². The topological polar surface area (TPSA) is 94.0 Å². The summed E-state index contributed by atoms with van der Waals surface area (Å²) >= 11 is 0. The molecule has 3 N–H and O–H groups in total. The molecule has 0 bridgehead atoms. The Hall–Kier alpha value is -2.55.